The van der Waals surface area contributed by atoms with Crippen LogP contribution in [0.5, 0.6) is 5.75 Å². The second-order valence-electron chi connectivity index (χ2n) is 5.55. The first kappa shape index (κ1) is 16.5. The maximum atomic E-state index is 12.3. The molecule has 1 aliphatic heterocycles. The van der Waals surface area contributed by atoms with Gasteiger partial charge in [-0.25, -0.2) is 0 Å². The summed E-state index contributed by atoms with van der Waals surface area (Å²) in [5.74, 6) is 0.576. The maximum absolute atomic E-state index is 12.3. The van der Waals surface area contributed by atoms with Crippen LogP contribution < -0.4 is 10.1 Å². The third-order valence-corrected chi connectivity index (χ3v) is 4.18. The van der Waals surface area contributed by atoms with Gasteiger partial charge in [-0.2, -0.15) is 13.5 Å². The van der Waals surface area contributed by atoms with E-state index in [1.54, 1.807) is 28.9 Å². The largest absolute Gasteiger partial charge is 0.435 e. The molecule has 1 aliphatic rings. The summed E-state index contributed by atoms with van der Waals surface area (Å²) in [6.45, 7) is -2.86. The molecule has 0 radical (unpaired) electrons. The highest BCUT2D eigenvalue weighted by molar-refractivity contribution is 6.30. The lowest BCUT2D eigenvalue weighted by molar-refractivity contribution is -0.0498. The molecule has 1 aromatic heterocycles. The fraction of sp³-hybridized carbons (Fsp3) is 0.118. The summed E-state index contributed by atoms with van der Waals surface area (Å²) in [7, 11) is 0. The van der Waals surface area contributed by atoms with E-state index in [0.29, 0.717) is 11.0 Å². The summed E-state index contributed by atoms with van der Waals surface area (Å²) in [6.07, 6.45) is 1.95. The van der Waals surface area contributed by atoms with Gasteiger partial charge in [0.25, 0.3) is 0 Å². The first-order valence-corrected chi connectivity index (χ1v) is 8.05. The SMILES string of the molecule is FC(F)Oc1ccc(C2C=C(c3ccc(Cl)cc3)Nc3nnnn32)cc1. The summed E-state index contributed by atoms with van der Waals surface area (Å²) < 4.78 is 30.6. The molecule has 0 bridgehead atoms. The lowest BCUT2D eigenvalue weighted by Gasteiger charge is -2.23. The van der Waals surface area contributed by atoms with Crippen molar-refractivity contribution in [2.45, 2.75) is 12.7 Å². The Morgan fingerprint density at radius 2 is 1.81 bits per heavy atom. The van der Waals surface area contributed by atoms with Gasteiger partial charge in [0.1, 0.15) is 11.8 Å². The average molecular weight is 376 g/mol. The van der Waals surface area contributed by atoms with E-state index < -0.39 is 6.61 Å². The second kappa shape index (κ2) is 6.72. The predicted octanol–water partition coefficient (Wildman–Crippen LogP) is 3.98. The number of alkyl halides is 2. The number of ether oxygens (including phenoxy) is 1. The molecule has 0 fully saturated rings. The monoisotopic (exact) mass is 375 g/mol. The van der Waals surface area contributed by atoms with Gasteiger partial charge < -0.3 is 10.1 Å². The Kier molecular flexibility index (Phi) is 4.26. The zero-order chi connectivity index (χ0) is 18.1. The molecule has 2 aromatic carbocycles. The smallest absolute Gasteiger partial charge is 0.387 e. The number of rotatable bonds is 4. The van der Waals surface area contributed by atoms with Crippen molar-refractivity contribution in [1.29, 1.82) is 0 Å². The van der Waals surface area contributed by atoms with Crippen LogP contribution in [0.3, 0.4) is 0 Å². The third kappa shape index (κ3) is 3.23. The average Bonchev–Trinajstić information content (AvgIpc) is 3.10. The van der Waals surface area contributed by atoms with E-state index in [0.717, 1.165) is 16.8 Å². The van der Waals surface area contributed by atoms with Crippen LogP contribution in [-0.4, -0.2) is 26.8 Å². The van der Waals surface area contributed by atoms with Crippen molar-refractivity contribution in [3.05, 3.63) is 70.8 Å². The minimum Gasteiger partial charge on any atom is -0.435 e. The summed E-state index contributed by atoms with van der Waals surface area (Å²) >= 11 is 5.95. The Labute approximate surface area is 152 Å². The van der Waals surface area contributed by atoms with Gasteiger partial charge in [-0.1, -0.05) is 41.0 Å². The lowest BCUT2D eigenvalue weighted by atomic mass is 10.0. The molecule has 9 heteroatoms. The molecule has 0 aliphatic carbocycles. The number of halogens is 3. The van der Waals surface area contributed by atoms with Crippen molar-refractivity contribution >= 4 is 23.2 Å². The van der Waals surface area contributed by atoms with E-state index in [1.165, 1.54) is 12.1 Å². The topological polar surface area (TPSA) is 64.9 Å². The number of tetrazole rings is 1. The minimum absolute atomic E-state index is 0.0940. The summed E-state index contributed by atoms with van der Waals surface area (Å²) in [5.41, 5.74) is 2.57. The van der Waals surface area contributed by atoms with Crippen molar-refractivity contribution in [3.63, 3.8) is 0 Å². The molecular weight excluding hydrogens is 364 g/mol. The zero-order valence-electron chi connectivity index (χ0n) is 13.2. The van der Waals surface area contributed by atoms with Crippen LogP contribution in [0.25, 0.3) is 5.70 Å². The normalized spacial score (nSPS) is 16.0. The van der Waals surface area contributed by atoms with Crippen molar-refractivity contribution in [1.82, 2.24) is 20.2 Å². The molecule has 26 heavy (non-hydrogen) atoms. The van der Waals surface area contributed by atoms with Crippen LogP contribution >= 0.6 is 11.6 Å². The molecular formula is C17H12ClF2N5O. The van der Waals surface area contributed by atoms with Gasteiger partial charge in [-0.15, -0.1) is 0 Å². The van der Waals surface area contributed by atoms with Crippen molar-refractivity contribution < 1.29 is 13.5 Å². The van der Waals surface area contributed by atoms with Crippen molar-refractivity contribution in [3.8, 4) is 5.75 Å². The highest BCUT2D eigenvalue weighted by atomic mass is 35.5. The fourth-order valence-corrected chi connectivity index (χ4v) is 2.86. The molecule has 1 N–H and O–H groups in total. The number of hydrogen-bond acceptors (Lipinski definition) is 5. The first-order chi connectivity index (χ1) is 12.6. The Bertz CT molecular complexity index is 941. The molecule has 6 nitrogen and oxygen atoms in total. The third-order valence-electron chi connectivity index (χ3n) is 3.93. The minimum atomic E-state index is -2.86. The van der Waals surface area contributed by atoms with E-state index >= 15 is 0 Å². The van der Waals surface area contributed by atoms with Gasteiger partial charge in [0.15, 0.2) is 0 Å². The number of hydrogen-bond donors (Lipinski definition) is 1. The van der Waals surface area contributed by atoms with Crippen LogP contribution in [0.15, 0.2) is 54.6 Å². The van der Waals surface area contributed by atoms with E-state index in [1.807, 2.05) is 18.2 Å². The summed E-state index contributed by atoms with van der Waals surface area (Å²) in [6, 6.07) is 13.4. The number of fused-ring (bicyclic) bond motifs is 1. The summed E-state index contributed by atoms with van der Waals surface area (Å²) in [4.78, 5) is 0. The molecule has 3 aromatic rings. The standard InChI is InChI=1S/C17H12ClF2N5O/c18-12-5-1-10(2-6-12)14-9-15(25-17(21-14)22-23-24-25)11-3-7-13(8-4-11)26-16(19)20/h1-9,15-16H,(H,21,22,24). The van der Waals surface area contributed by atoms with Gasteiger partial charge in [-0.3, -0.25) is 0 Å². The van der Waals surface area contributed by atoms with E-state index in [9.17, 15) is 8.78 Å². The molecule has 2 heterocycles. The molecule has 0 saturated heterocycles. The molecule has 4 rings (SSSR count). The van der Waals surface area contributed by atoms with Crippen LogP contribution in [0.4, 0.5) is 14.7 Å². The van der Waals surface area contributed by atoms with Gasteiger partial charge in [0, 0.05) is 10.7 Å². The highest BCUT2D eigenvalue weighted by Crippen LogP contribution is 2.32. The quantitative estimate of drug-likeness (QED) is 0.747. The second-order valence-corrected chi connectivity index (χ2v) is 5.99. The van der Waals surface area contributed by atoms with E-state index in [4.69, 9.17) is 11.6 Å². The first-order valence-electron chi connectivity index (χ1n) is 7.67. The Balaban J connectivity index is 1.70. The number of allylic oxidation sites excluding steroid dienone is 1. The number of anilines is 1. The van der Waals surface area contributed by atoms with Crippen molar-refractivity contribution in [2.75, 3.05) is 5.32 Å². The highest BCUT2D eigenvalue weighted by Gasteiger charge is 2.24. The Morgan fingerprint density at radius 3 is 2.50 bits per heavy atom. The van der Waals surface area contributed by atoms with E-state index in [2.05, 4.69) is 25.6 Å². The Morgan fingerprint density at radius 1 is 1.08 bits per heavy atom. The number of nitrogens with one attached hydrogen (secondary N) is 1. The molecule has 0 saturated carbocycles. The lowest BCUT2D eigenvalue weighted by Crippen LogP contribution is -2.20. The van der Waals surface area contributed by atoms with Crippen molar-refractivity contribution in [2.24, 2.45) is 0 Å². The molecule has 1 atom stereocenters. The maximum Gasteiger partial charge on any atom is 0.387 e. The number of nitrogens with zero attached hydrogens (tertiary/aromatic N) is 4. The molecule has 1 unspecified atom stereocenters. The van der Waals surface area contributed by atoms with Gasteiger partial charge in [0.05, 0.1) is 0 Å². The van der Waals surface area contributed by atoms with Crippen LogP contribution in [0, 0.1) is 0 Å². The zero-order valence-corrected chi connectivity index (χ0v) is 13.9. The molecule has 0 amide bonds. The van der Waals surface area contributed by atoms with Crippen LogP contribution in [0.2, 0.25) is 5.02 Å². The van der Waals surface area contributed by atoms with Crippen LogP contribution in [0.1, 0.15) is 17.2 Å². The Hall–Kier alpha value is -3.00. The molecule has 132 valence electrons. The fourth-order valence-electron chi connectivity index (χ4n) is 2.74. The van der Waals surface area contributed by atoms with Gasteiger partial charge >= 0.3 is 6.61 Å². The number of aromatic nitrogens is 4. The van der Waals surface area contributed by atoms with E-state index in [-0.39, 0.29) is 11.8 Å². The summed E-state index contributed by atoms with van der Waals surface area (Å²) in [5, 5.41) is 15.5. The van der Waals surface area contributed by atoms with Gasteiger partial charge in [-0.05, 0) is 51.9 Å². The number of benzene rings is 2. The predicted molar refractivity (Wildman–Crippen MR) is 92.1 cm³/mol. The van der Waals surface area contributed by atoms with Crippen LogP contribution in [-0.2, 0) is 0 Å². The molecule has 0 spiro atoms. The van der Waals surface area contributed by atoms with Gasteiger partial charge in [0.2, 0.25) is 5.95 Å².